The molecule has 0 amide bonds. The van der Waals surface area contributed by atoms with Crippen LogP contribution >= 0.6 is 0 Å². The highest BCUT2D eigenvalue weighted by molar-refractivity contribution is 6.05. The summed E-state index contributed by atoms with van der Waals surface area (Å²) in [5, 5.41) is 16.0. The second-order valence-corrected chi connectivity index (χ2v) is 5.54. The zero-order valence-electron chi connectivity index (χ0n) is 12.1. The Kier molecular flexibility index (Phi) is 3.77. The minimum absolute atomic E-state index is 0.108. The second kappa shape index (κ2) is 5.50. The fourth-order valence-corrected chi connectivity index (χ4v) is 2.86. The third kappa shape index (κ3) is 2.66. The van der Waals surface area contributed by atoms with E-state index in [9.17, 15) is 23.1 Å². The minimum atomic E-state index is -4.62. The minimum Gasteiger partial charge on any atom is -0.507 e. The second-order valence-electron chi connectivity index (χ2n) is 5.54. The summed E-state index contributed by atoms with van der Waals surface area (Å²) in [6.07, 6.45) is -5.44. The van der Waals surface area contributed by atoms with Crippen LogP contribution in [0.3, 0.4) is 0 Å². The third-order valence-corrected chi connectivity index (χ3v) is 4.09. The molecule has 3 rings (SSSR count). The van der Waals surface area contributed by atoms with E-state index in [1.54, 1.807) is 30.3 Å². The maximum atomic E-state index is 13.3. The molecule has 0 bridgehead atoms. The van der Waals surface area contributed by atoms with Gasteiger partial charge in [0.05, 0.1) is 12.0 Å². The van der Waals surface area contributed by atoms with E-state index in [0.717, 1.165) is 0 Å². The van der Waals surface area contributed by atoms with Gasteiger partial charge in [-0.3, -0.25) is 15.4 Å². The summed E-state index contributed by atoms with van der Waals surface area (Å²) in [6.45, 7) is 0.243. The van der Waals surface area contributed by atoms with Gasteiger partial charge in [0.15, 0.2) is 11.4 Å². The van der Waals surface area contributed by atoms with Crippen LogP contribution in [0.2, 0.25) is 0 Å². The number of ketones is 1. The maximum Gasteiger partial charge on any atom is 0.420 e. The summed E-state index contributed by atoms with van der Waals surface area (Å²) >= 11 is 0. The number of phenols is 1. The van der Waals surface area contributed by atoms with E-state index in [0.29, 0.717) is 10.8 Å². The lowest BCUT2D eigenvalue weighted by atomic mass is 9.95. The molecule has 2 aromatic rings. The highest BCUT2D eigenvalue weighted by atomic mass is 19.4. The van der Waals surface area contributed by atoms with E-state index in [1.807, 2.05) is 0 Å². The largest absolute Gasteiger partial charge is 0.507 e. The molecule has 4 nitrogen and oxygen atoms in total. The van der Waals surface area contributed by atoms with Gasteiger partial charge >= 0.3 is 6.18 Å². The number of carbonyl (C=O) groups is 1. The Labute approximate surface area is 130 Å². The summed E-state index contributed by atoms with van der Waals surface area (Å²) in [4.78, 5) is 12.4. The molecule has 1 saturated heterocycles. The van der Waals surface area contributed by atoms with Crippen molar-refractivity contribution < 1.29 is 23.1 Å². The standard InChI is InChI=1S/C16H15F3N2O2/c17-16(18,19)15(20-7-8-21-15)9-13(22)12-6-5-10-3-1-2-4-11(10)14(12)23/h1-6,20-21,23H,7-9H2. The quantitative estimate of drug-likeness (QED) is 0.760. The average molecular weight is 324 g/mol. The number of halogens is 3. The number of Topliss-reactive ketones (excluding diaryl/α,β-unsaturated/α-hetero) is 1. The van der Waals surface area contributed by atoms with Gasteiger partial charge in [-0.15, -0.1) is 0 Å². The number of rotatable bonds is 3. The fraction of sp³-hybridized carbons (Fsp3) is 0.312. The van der Waals surface area contributed by atoms with Crippen molar-refractivity contribution in [2.24, 2.45) is 0 Å². The van der Waals surface area contributed by atoms with Crippen LogP contribution in [0.1, 0.15) is 16.8 Å². The Hall–Kier alpha value is -2.12. The molecule has 2 aromatic carbocycles. The number of carbonyl (C=O) groups excluding carboxylic acids is 1. The first kappa shape index (κ1) is 15.8. The molecule has 3 N–H and O–H groups in total. The SMILES string of the molecule is O=C(CC1(C(F)(F)F)NCCN1)c1ccc2ccccc2c1O. The van der Waals surface area contributed by atoms with Crippen LogP contribution in [-0.2, 0) is 0 Å². The summed E-state index contributed by atoms with van der Waals surface area (Å²) in [7, 11) is 0. The topological polar surface area (TPSA) is 61.4 Å². The molecule has 0 unspecified atom stereocenters. The molecule has 122 valence electrons. The van der Waals surface area contributed by atoms with Crippen LogP contribution in [0.4, 0.5) is 13.2 Å². The third-order valence-electron chi connectivity index (χ3n) is 4.09. The number of hydrogen-bond acceptors (Lipinski definition) is 4. The van der Waals surface area contributed by atoms with E-state index in [2.05, 4.69) is 10.6 Å². The summed E-state index contributed by atoms with van der Waals surface area (Å²) in [6, 6.07) is 9.80. The van der Waals surface area contributed by atoms with Crippen molar-refractivity contribution >= 4 is 16.6 Å². The predicted molar refractivity (Wildman–Crippen MR) is 79.4 cm³/mol. The molecule has 23 heavy (non-hydrogen) atoms. The van der Waals surface area contributed by atoms with Crippen molar-refractivity contribution in [3.05, 3.63) is 42.0 Å². The highest BCUT2D eigenvalue weighted by Gasteiger charge is 2.57. The molecular weight excluding hydrogens is 309 g/mol. The van der Waals surface area contributed by atoms with Gasteiger partial charge in [-0.05, 0) is 11.5 Å². The van der Waals surface area contributed by atoms with Gasteiger partial charge in [-0.2, -0.15) is 13.2 Å². The average Bonchev–Trinajstić information content (AvgIpc) is 2.97. The normalized spacial score (nSPS) is 17.5. The Balaban J connectivity index is 1.96. The van der Waals surface area contributed by atoms with Gasteiger partial charge in [-0.25, -0.2) is 0 Å². The molecule has 1 aliphatic rings. The zero-order valence-corrected chi connectivity index (χ0v) is 12.1. The van der Waals surface area contributed by atoms with Crippen molar-refractivity contribution in [2.45, 2.75) is 18.3 Å². The maximum absolute atomic E-state index is 13.3. The van der Waals surface area contributed by atoms with Gasteiger partial charge < -0.3 is 5.11 Å². The molecule has 0 aromatic heterocycles. The highest BCUT2D eigenvalue weighted by Crippen LogP contribution is 2.36. The fourth-order valence-electron chi connectivity index (χ4n) is 2.86. The van der Waals surface area contributed by atoms with Crippen molar-refractivity contribution in [3.63, 3.8) is 0 Å². The number of fused-ring (bicyclic) bond motifs is 1. The Bertz CT molecular complexity index is 753. The number of hydrogen-bond donors (Lipinski definition) is 3. The van der Waals surface area contributed by atoms with Crippen LogP contribution in [0, 0.1) is 0 Å². The first-order valence-electron chi connectivity index (χ1n) is 7.15. The Morgan fingerprint density at radius 1 is 1.13 bits per heavy atom. The van der Waals surface area contributed by atoms with Crippen molar-refractivity contribution in [3.8, 4) is 5.75 Å². The molecule has 0 atom stereocenters. The van der Waals surface area contributed by atoms with Crippen LogP contribution in [-0.4, -0.2) is 35.8 Å². The first-order chi connectivity index (χ1) is 10.8. The molecule has 1 aliphatic heterocycles. The van der Waals surface area contributed by atoms with Gasteiger partial charge in [-0.1, -0.05) is 30.3 Å². The molecule has 0 saturated carbocycles. The molecule has 0 aliphatic carbocycles. The van der Waals surface area contributed by atoms with Crippen LogP contribution < -0.4 is 10.6 Å². The van der Waals surface area contributed by atoms with Crippen molar-refractivity contribution in [1.29, 1.82) is 0 Å². The predicted octanol–water partition coefficient (Wildman–Crippen LogP) is 2.57. The molecular formula is C16H15F3N2O2. The summed E-state index contributed by atoms with van der Waals surface area (Å²) in [5.74, 6) is -1.06. The lowest BCUT2D eigenvalue weighted by Gasteiger charge is -2.31. The first-order valence-corrected chi connectivity index (χ1v) is 7.15. The van der Waals surface area contributed by atoms with E-state index < -0.39 is 24.0 Å². The van der Waals surface area contributed by atoms with E-state index in [4.69, 9.17) is 0 Å². The number of phenolic OH excluding ortho intramolecular Hbond substituents is 1. The zero-order chi connectivity index (χ0) is 16.7. The van der Waals surface area contributed by atoms with Gasteiger partial charge in [0.25, 0.3) is 0 Å². The molecule has 7 heteroatoms. The van der Waals surface area contributed by atoms with Gasteiger partial charge in [0, 0.05) is 18.5 Å². The number of benzene rings is 2. The van der Waals surface area contributed by atoms with Crippen molar-refractivity contribution in [1.82, 2.24) is 10.6 Å². The molecule has 1 heterocycles. The van der Waals surface area contributed by atoms with E-state index in [1.165, 1.54) is 6.07 Å². The lowest BCUT2D eigenvalue weighted by molar-refractivity contribution is -0.198. The van der Waals surface area contributed by atoms with Crippen LogP contribution in [0.25, 0.3) is 10.8 Å². The Morgan fingerprint density at radius 2 is 1.78 bits per heavy atom. The summed E-state index contributed by atoms with van der Waals surface area (Å²) in [5.41, 5.74) is -2.55. The van der Waals surface area contributed by atoms with Crippen molar-refractivity contribution in [2.75, 3.05) is 13.1 Å². The number of aromatic hydroxyl groups is 1. The monoisotopic (exact) mass is 324 g/mol. The van der Waals surface area contributed by atoms with Gasteiger partial charge in [0.1, 0.15) is 5.75 Å². The molecule has 0 radical (unpaired) electrons. The molecule has 0 spiro atoms. The van der Waals surface area contributed by atoms with Crippen LogP contribution in [0.5, 0.6) is 5.75 Å². The van der Waals surface area contributed by atoms with E-state index in [-0.39, 0.29) is 24.4 Å². The molecule has 1 fully saturated rings. The number of nitrogens with one attached hydrogen (secondary N) is 2. The number of alkyl halides is 3. The smallest absolute Gasteiger partial charge is 0.420 e. The Morgan fingerprint density at radius 3 is 2.43 bits per heavy atom. The van der Waals surface area contributed by atoms with E-state index >= 15 is 0 Å². The lowest BCUT2D eigenvalue weighted by Crippen LogP contribution is -2.61. The summed E-state index contributed by atoms with van der Waals surface area (Å²) < 4.78 is 39.9. The van der Waals surface area contributed by atoms with Crippen LogP contribution in [0.15, 0.2) is 36.4 Å². The van der Waals surface area contributed by atoms with Gasteiger partial charge in [0.2, 0.25) is 0 Å².